The summed E-state index contributed by atoms with van der Waals surface area (Å²) in [6, 6.07) is 11.5. The third-order valence-electron chi connectivity index (χ3n) is 4.53. The molecule has 0 radical (unpaired) electrons. The number of benzene rings is 1. The molecular weight excluding hydrogens is 316 g/mol. The Kier molecular flexibility index (Phi) is 5.89. The van der Waals surface area contributed by atoms with E-state index in [9.17, 15) is 4.79 Å². The number of ether oxygens (including phenoxy) is 1. The first-order valence-electron chi connectivity index (χ1n) is 8.84. The summed E-state index contributed by atoms with van der Waals surface area (Å²) in [5, 5.41) is 2.86. The van der Waals surface area contributed by atoms with Gasteiger partial charge in [-0.1, -0.05) is 19.1 Å². The zero-order valence-corrected chi connectivity index (χ0v) is 15.0. The number of carbonyl (C=O) groups excluding carboxylic acids is 1. The van der Waals surface area contributed by atoms with E-state index in [0.29, 0.717) is 18.1 Å². The zero-order valence-electron chi connectivity index (χ0n) is 15.0. The van der Waals surface area contributed by atoms with Crippen molar-refractivity contribution in [2.45, 2.75) is 32.9 Å². The van der Waals surface area contributed by atoms with Crippen LogP contribution in [0.15, 0.2) is 40.8 Å². The molecule has 5 nitrogen and oxygen atoms in total. The van der Waals surface area contributed by atoms with E-state index in [1.54, 1.807) is 19.2 Å². The van der Waals surface area contributed by atoms with Crippen LogP contribution in [0.4, 0.5) is 5.69 Å². The van der Waals surface area contributed by atoms with Gasteiger partial charge in [-0.3, -0.25) is 9.69 Å². The molecule has 1 aromatic heterocycles. The van der Waals surface area contributed by atoms with Gasteiger partial charge in [0.1, 0.15) is 12.4 Å². The molecule has 3 rings (SSSR count). The largest absolute Gasteiger partial charge is 0.453 e. The average Bonchev–Trinajstić information content (AvgIpc) is 3.06. The van der Waals surface area contributed by atoms with Gasteiger partial charge in [-0.15, -0.1) is 0 Å². The van der Waals surface area contributed by atoms with Crippen LogP contribution < -0.4 is 5.32 Å². The molecule has 1 aliphatic rings. The van der Waals surface area contributed by atoms with Crippen LogP contribution in [0.3, 0.4) is 0 Å². The second kappa shape index (κ2) is 8.32. The minimum absolute atomic E-state index is 0.250. The molecule has 5 heteroatoms. The Labute approximate surface area is 149 Å². The number of hydrogen-bond donors (Lipinski definition) is 1. The quantitative estimate of drug-likeness (QED) is 0.865. The number of nitrogens with one attached hydrogen (secondary N) is 1. The van der Waals surface area contributed by atoms with E-state index in [4.69, 9.17) is 9.15 Å². The lowest BCUT2D eigenvalue weighted by Crippen LogP contribution is -2.33. The Morgan fingerprint density at radius 1 is 1.28 bits per heavy atom. The van der Waals surface area contributed by atoms with Gasteiger partial charge in [-0.05, 0) is 55.1 Å². The number of piperidine rings is 1. The summed E-state index contributed by atoms with van der Waals surface area (Å²) in [6.45, 7) is 5.98. The number of furan rings is 1. The molecule has 0 saturated carbocycles. The summed E-state index contributed by atoms with van der Waals surface area (Å²) in [7, 11) is 1.59. The van der Waals surface area contributed by atoms with Crippen LogP contribution in [-0.2, 0) is 17.9 Å². The van der Waals surface area contributed by atoms with E-state index in [1.807, 2.05) is 12.1 Å². The number of amides is 1. The Balaban J connectivity index is 1.55. The predicted molar refractivity (Wildman–Crippen MR) is 97.5 cm³/mol. The fourth-order valence-electron chi connectivity index (χ4n) is 3.29. The molecule has 1 amide bonds. The number of nitrogens with zero attached hydrogens (tertiary/aromatic N) is 1. The van der Waals surface area contributed by atoms with Crippen LogP contribution in [0.5, 0.6) is 0 Å². The first-order valence-corrected chi connectivity index (χ1v) is 8.84. The van der Waals surface area contributed by atoms with E-state index in [-0.39, 0.29) is 5.91 Å². The maximum atomic E-state index is 12.2. The van der Waals surface area contributed by atoms with E-state index in [0.717, 1.165) is 18.2 Å². The highest BCUT2D eigenvalue weighted by atomic mass is 16.5. The minimum Gasteiger partial charge on any atom is -0.453 e. The van der Waals surface area contributed by atoms with Crippen LogP contribution >= 0.6 is 0 Å². The first-order chi connectivity index (χ1) is 12.1. The molecule has 25 heavy (non-hydrogen) atoms. The number of methoxy groups -OCH3 is 1. The van der Waals surface area contributed by atoms with Crippen molar-refractivity contribution in [3.63, 3.8) is 0 Å². The maximum Gasteiger partial charge on any atom is 0.291 e. The normalized spacial score (nSPS) is 18.2. The Morgan fingerprint density at radius 2 is 2.08 bits per heavy atom. The Morgan fingerprint density at radius 3 is 2.80 bits per heavy atom. The van der Waals surface area contributed by atoms with E-state index in [1.165, 1.54) is 31.5 Å². The number of carbonyl (C=O) groups is 1. The Hall–Kier alpha value is -2.11. The lowest BCUT2D eigenvalue weighted by Gasteiger charge is -2.30. The molecule has 1 fully saturated rings. The fourth-order valence-corrected chi connectivity index (χ4v) is 3.29. The molecular formula is C20H26N2O3. The van der Waals surface area contributed by atoms with Gasteiger partial charge < -0.3 is 14.5 Å². The zero-order chi connectivity index (χ0) is 17.6. The molecule has 1 saturated heterocycles. The molecule has 134 valence electrons. The molecule has 1 aromatic carbocycles. The van der Waals surface area contributed by atoms with E-state index >= 15 is 0 Å². The third kappa shape index (κ3) is 4.94. The fraction of sp³-hybridized carbons (Fsp3) is 0.450. The summed E-state index contributed by atoms with van der Waals surface area (Å²) >= 11 is 0. The highest BCUT2D eigenvalue weighted by molar-refractivity contribution is 6.02. The molecule has 2 aromatic rings. The Bertz CT molecular complexity index is 693. The lowest BCUT2D eigenvalue weighted by atomic mass is 10.00. The van der Waals surface area contributed by atoms with E-state index < -0.39 is 0 Å². The summed E-state index contributed by atoms with van der Waals surface area (Å²) in [5.74, 6) is 1.46. The van der Waals surface area contributed by atoms with Crippen LogP contribution in [-0.4, -0.2) is 31.0 Å². The molecule has 1 atom stereocenters. The number of anilines is 1. The summed E-state index contributed by atoms with van der Waals surface area (Å²) in [6.07, 6.45) is 2.61. The second-order valence-corrected chi connectivity index (χ2v) is 6.83. The van der Waals surface area contributed by atoms with Crippen molar-refractivity contribution in [3.05, 3.63) is 53.5 Å². The van der Waals surface area contributed by atoms with E-state index in [2.05, 4.69) is 29.3 Å². The van der Waals surface area contributed by atoms with Gasteiger partial charge in [-0.2, -0.15) is 0 Å². The van der Waals surface area contributed by atoms with Gasteiger partial charge in [0, 0.05) is 25.9 Å². The van der Waals surface area contributed by atoms with Crippen LogP contribution in [0.25, 0.3) is 0 Å². The van der Waals surface area contributed by atoms with Crippen molar-refractivity contribution in [2.24, 2.45) is 5.92 Å². The molecule has 0 unspecified atom stereocenters. The summed E-state index contributed by atoms with van der Waals surface area (Å²) in [4.78, 5) is 14.7. The van der Waals surface area contributed by atoms with Gasteiger partial charge >= 0.3 is 0 Å². The minimum atomic E-state index is -0.250. The van der Waals surface area contributed by atoms with Gasteiger partial charge in [-0.25, -0.2) is 0 Å². The molecule has 0 spiro atoms. The highest BCUT2D eigenvalue weighted by Gasteiger charge is 2.16. The number of hydrogen-bond acceptors (Lipinski definition) is 4. The maximum absolute atomic E-state index is 12.2. The summed E-state index contributed by atoms with van der Waals surface area (Å²) < 4.78 is 10.4. The molecule has 1 aliphatic heterocycles. The smallest absolute Gasteiger partial charge is 0.291 e. The highest BCUT2D eigenvalue weighted by Crippen LogP contribution is 2.19. The topological polar surface area (TPSA) is 54.7 Å². The molecule has 0 bridgehead atoms. The number of rotatable bonds is 6. The van der Waals surface area contributed by atoms with Crippen molar-refractivity contribution < 1.29 is 13.9 Å². The molecule has 1 N–H and O–H groups in total. The van der Waals surface area contributed by atoms with Crippen molar-refractivity contribution in [2.75, 3.05) is 25.5 Å². The van der Waals surface area contributed by atoms with Crippen molar-refractivity contribution >= 4 is 11.6 Å². The van der Waals surface area contributed by atoms with Gasteiger partial charge in [0.05, 0.1) is 0 Å². The van der Waals surface area contributed by atoms with Gasteiger partial charge in [0.15, 0.2) is 5.76 Å². The monoisotopic (exact) mass is 342 g/mol. The van der Waals surface area contributed by atoms with Crippen LogP contribution in [0.2, 0.25) is 0 Å². The van der Waals surface area contributed by atoms with Crippen LogP contribution in [0.1, 0.15) is 41.6 Å². The number of likely N-dealkylation sites (tertiary alicyclic amines) is 1. The standard InChI is InChI=1S/C20H26N2O3/c1-15-4-3-11-22(12-15)13-16-5-7-17(8-6-16)21-20(23)19-10-9-18(25-19)14-24-2/h5-10,15H,3-4,11-14H2,1-2H3,(H,21,23)/t15-/m1/s1. The van der Waals surface area contributed by atoms with Gasteiger partial charge in [0.2, 0.25) is 0 Å². The summed E-state index contributed by atoms with van der Waals surface area (Å²) in [5.41, 5.74) is 2.04. The lowest BCUT2D eigenvalue weighted by molar-refractivity contribution is 0.0987. The third-order valence-corrected chi connectivity index (χ3v) is 4.53. The average molecular weight is 342 g/mol. The second-order valence-electron chi connectivity index (χ2n) is 6.83. The van der Waals surface area contributed by atoms with Crippen molar-refractivity contribution in [1.82, 2.24) is 4.90 Å². The first kappa shape index (κ1) is 17.7. The van der Waals surface area contributed by atoms with Crippen LogP contribution in [0, 0.1) is 5.92 Å². The SMILES string of the molecule is COCc1ccc(C(=O)Nc2ccc(CN3CCC[C@@H](C)C3)cc2)o1. The van der Waals surface area contributed by atoms with Gasteiger partial charge in [0.25, 0.3) is 5.91 Å². The molecule has 2 heterocycles. The predicted octanol–water partition coefficient (Wildman–Crippen LogP) is 3.91. The molecule has 0 aliphatic carbocycles. The van der Waals surface area contributed by atoms with Crippen molar-refractivity contribution in [3.8, 4) is 0 Å². The van der Waals surface area contributed by atoms with Crippen molar-refractivity contribution in [1.29, 1.82) is 0 Å².